The number of nitrogens with zero attached hydrogens (tertiary/aromatic N) is 1. The van der Waals surface area contributed by atoms with E-state index >= 15 is 0 Å². The van der Waals surface area contributed by atoms with Gasteiger partial charge in [-0.3, -0.25) is 4.79 Å². The Morgan fingerprint density at radius 3 is 2.40 bits per heavy atom. The molecule has 0 saturated heterocycles. The minimum Gasteiger partial charge on any atom is -0.490 e. The first kappa shape index (κ1) is 26.4. The molecule has 0 aliphatic heterocycles. The quantitative estimate of drug-likeness (QED) is 0.301. The molecule has 2 aromatic carbocycles. The molecule has 184 valence electrons. The second-order valence-electron chi connectivity index (χ2n) is 7.61. The number of hydrogen-bond acceptors (Lipinski definition) is 5. The van der Waals surface area contributed by atoms with Gasteiger partial charge in [0.15, 0.2) is 11.5 Å². The fourth-order valence-corrected chi connectivity index (χ4v) is 4.07. The molecule has 0 aliphatic carbocycles. The molecule has 0 spiro atoms. The van der Waals surface area contributed by atoms with Crippen LogP contribution in [0.4, 0.5) is 0 Å². The molecular weight excluding hydrogens is 489 g/mol. The highest BCUT2D eigenvalue weighted by Gasteiger charge is 2.15. The van der Waals surface area contributed by atoms with Crippen molar-refractivity contribution in [3.05, 3.63) is 97.4 Å². The standard InChI is InChI=1S/C27H27Cl2NO5/c1-4-6-19-9-12-24(34-5-2)25(15-19)35-17-23-21(28)16-22(29)26(31)30(23)14-13-18-7-10-20(11-8-18)27(32)33-3/h4,6-12,15-16H,5,13-14,17H2,1-3H3/b6-4+. The average molecular weight is 516 g/mol. The van der Waals surface area contributed by atoms with E-state index in [1.165, 1.54) is 17.7 Å². The van der Waals surface area contributed by atoms with Gasteiger partial charge in [0.2, 0.25) is 0 Å². The Bertz CT molecular complexity index is 1270. The zero-order valence-electron chi connectivity index (χ0n) is 19.8. The normalized spacial score (nSPS) is 11.0. The van der Waals surface area contributed by atoms with Crippen LogP contribution in [0.15, 0.2) is 59.4 Å². The molecule has 3 aromatic rings. The van der Waals surface area contributed by atoms with Gasteiger partial charge in [-0.25, -0.2) is 4.79 Å². The predicted molar refractivity (Wildman–Crippen MR) is 139 cm³/mol. The first-order chi connectivity index (χ1) is 16.9. The highest BCUT2D eigenvalue weighted by molar-refractivity contribution is 6.34. The summed E-state index contributed by atoms with van der Waals surface area (Å²) in [7, 11) is 1.34. The number of rotatable bonds is 10. The molecule has 0 aliphatic rings. The second-order valence-corrected chi connectivity index (χ2v) is 8.42. The van der Waals surface area contributed by atoms with Crippen LogP contribution in [0, 0.1) is 0 Å². The molecule has 0 radical (unpaired) electrons. The summed E-state index contributed by atoms with van der Waals surface area (Å²) in [5, 5.41) is 0.364. The number of pyridine rings is 1. The van der Waals surface area contributed by atoms with Gasteiger partial charge in [-0.2, -0.15) is 0 Å². The number of allylic oxidation sites excluding steroid dienone is 1. The Labute approximate surface area is 214 Å². The number of aryl methyl sites for hydroxylation is 1. The largest absolute Gasteiger partial charge is 0.490 e. The molecule has 1 aromatic heterocycles. The highest BCUT2D eigenvalue weighted by Crippen LogP contribution is 2.31. The van der Waals surface area contributed by atoms with Crippen LogP contribution in [0.25, 0.3) is 6.08 Å². The Kier molecular flexibility index (Phi) is 9.40. The van der Waals surface area contributed by atoms with Gasteiger partial charge in [0.05, 0.1) is 30.0 Å². The number of hydrogen-bond donors (Lipinski definition) is 0. The maximum Gasteiger partial charge on any atom is 0.337 e. The number of ether oxygens (including phenoxy) is 3. The molecule has 0 amide bonds. The predicted octanol–water partition coefficient (Wildman–Crippen LogP) is 6.20. The molecule has 8 heteroatoms. The van der Waals surface area contributed by atoms with Gasteiger partial charge in [-0.1, -0.05) is 53.6 Å². The number of esters is 1. The molecule has 0 N–H and O–H groups in total. The lowest BCUT2D eigenvalue weighted by atomic mass is 10.1. The Hall–Kier alpha value is -3.22. The van der Waals surface area contributed by atoms with Crippen LogP contribution in [0.5, 0.6) is 11.5 Å². The Morgan fingerprint density at radius 1 is 1.00 bits per heavy atom. The van der Waals surface area contributed by atoms with Gasteiger partial charge in [-0.05, 0) is 61.7 Å². The number of halogens is 2. The van der Waals surface area contributed by atoms with Crippen LogP contribution >= 0.6 is 23.2 Å². The van der Waals surface area contributed by atoms with Gasteiger partial charge in [0.1, 0.15) is 11.6 Å². The fourth-order valence-electron chi connectivity index (χ4n) is 3.54. The lowest BCUT2D eigenvalue weighted by molar-refractivity contribution is 0.0600. The van der Waals surface area contributed by atoms with Crippen molar-refractivity contribution in [3.8, 4) is 11.5 Å². The summed E-state index contributed by atoms with van der Waals surface area (Å²) in [6.45, 7) is 4.69. The molecule has 35 heavy (non-hydrogen) atoms. The fraction of sp³-hybridized carbons (Fsp3) is 0.259. The topological polar surface area (TPSA) is 66.8 Å². The first-order valence-corrected chi connectivity index (χ1v) is 11.9. The Balaban J connectivity index is 1.86. The molecule has 0 fully saturated rings. The Morgan fingerprint density at radius 2 is 1.74 bits per heavy atom. The second kappa shape index (κ2) is 12.5. The SMILES string of the molecule is C/C=C/c1ccc(OCC)c(OCc2c(Cl)cc(Cl)c(=O)n2CCc2ccc(C(=O)OC)cc2)c1. The third kappa shape index (κ3) is 6.68. The highest BCUT2D eigenvalue weighted by atomic mass is 35.5. The summed E-state index contributed by atoms with van der Waals surface area (Å²) in [5.74, 6) is 0.745. The minimum absolute atomic E-state index is 0.0323. The van der Waals surface area contributed by atoms with Gasteiger partial charge in [0.25, 0.3) is 5.56 Å². The van der Waals surface area contributed by atoms with Crippen LogP contribution in [-0.4, -0.2) is 24.3 Å². The lowest BCUT2D eigenvalue weighted by Crippen LogP contribution is -2.26. The third-order valence-corrected chi connectivity index (χ3v) is 5.89. The lowest BCUT2D eigenvalue weighted by Gasteiger charge is -2.18. The van der Waals surface area contributed by atoms with Crippen molar-refractivity contribution in [2.24, 2.45) is 0 Å². The van der Waals surface area contributed by atoms with Crippen molar-refractivity contribution in [2.45, 2.75) is 33.4 Å². The summed E-state index contributed by atoms with van der Waals surface area (Å²) in [6.07, 6.45) is 4.41. The van der Waals surface area contributed by atoms with E-state index in [1.54, 1.807) is 12.1 Å². The summed E-state index contributed by atoms with van der Waals surface area (Å²) < 4.78 is 18.0. The van der Waals surface area contributed by atoms with Crippen LogP contribution in [-0.2, 0) is 24.3 Å². The van der Waals surface area contributed by atoms with E-state index in [0.29, 0.717) is 47.4 Å². The zero-order valence-corrected chi connectivity index (χ0v) is 21.4. The van der Waals surface area contributed by atoms with Crippen molar-refractivity contribution in [1.82, 2.24) is 4.57 Å². The van der Waals surface area contributed by atoms with Crippen molar-refractivity contribution in [3.63, 3.8) is 0 Å². The molecule has 0 saturated carbocycles. The van der Waals surface area contributed by atoms with E-state index in [-0.39, 0.29) is 17.2 Å². The summed E-state index contributed by atoms with van der Waals surface area (Å²) in [4.78, 5) is 24.5. The molecular formula is C27H27Cl2NO5. The first-order valence-electron chi connectivity index (χ1n) is 11.1. The van der Waals surface area contributed by atoms with Crippen LogP contribution in [0.1, 0.15) is 41.0 Å². The van der Waals surface area contributed by atoms with E-state index in [4.69, 9.17) is 37.4 Å². The zero-order chi connectivity index (χ0) is 25.4. The molecule has 0 bridgehead atoms. The van der Waals surface area contributed by atoms with Crippen LogP contribution < -0.4 is 15.0 Å². The smallest absolute Gasteiger partial charge is 0.337 e. The van der Waals surface area contributed by atoms with Crippen LogP contribution in [0.2, 0.25) is 10.0 Å². The van der Waals surface area contributed by atoms with E-state index in [0.717, 1.165) is 11.1 Å². The molecule has 6 nitrogen and oxygen atoms in total. The van der Waals surface area contributed by atoms with E-state index in [1.807, 2.05) is 56.3 Å². The van der Waals surface area contributed by atoms with Crippen molar-refractivity contribution < 1.29 is 19.0 Å². The van der Waals surface area contributed by atoms with Gasteiger partial charge in [0, 0.05) is 6.54 Å². The molecule has 0 atom stereocenters. The molecule has 1 heterocycles. The summed E-state index contributed by atoms with van der Waals surface area (Å²) in [6, 6.07) is 14.1. The van der Waals surface area contributed by atoms with Crippen LogP contribution in [0.3, 0.4) is 0 Å². The molecule has 3 rings (SSSR count). The van der Waals surface area contributed by atoms with E-state index in [9.17, 15) is 9.59 Å². The van der Waals surface area contributed by atoms with Crippen molar-refractivity contribution in [1.29, 1.82) is 0 Å². The van der Waals surface area contributed by atoms with Crippen molar-refractivity contribution >= 4 is 35.2 Å². The number of carbonyl (C=O) groups is 1. The summed E-state index contributed by atoms with van der Waals surface area (Å²) in [5.41, 5.74) is 2.50. The monoisotopic (exact) mass is 515 g/mol. The number of methoxy groups -OCH3 is 1. The van der Waals surface area contributed by atoms with Gasteiger partial charge < -0.3 is 18.8 Å². The minimum atomic E-state index is -0.404. The van der Waals surface area contributed by atoms with Crippen molar-refractivity contribution in [2.75, 3.05) is 13.7 Å². The molecule has 0 unspecified atom stereocenters. The van der Waals surface area contributed by atoms with Gasteiger partial charge in [-0.15, -0.1) is 0 Å². The number of carbonyl (C=O) groups excluding carboxylic acids is 1. The average Bonchev–Trinajstić information content (AvgIpc) is 2.86. The van der Waals surface area contributed by atoms with E-state index in [2.05, 4.69) is 0 Å². The summed E-state index contributed by atoms with van der Waals surface area (Å²) >= 11 is 12.6. The number of benzene rings is 2. The van der Waals surface area contributed by atoms with E-state index < -0.39 is 5.97 Å². The van der Waals surface area contributed by atoms with Gasteiger partial charge >= 0.3 is 5.97 Å². The maximum atomic E-state index is 12.9. The number of aromatic nitrogens is 1. The third-order valence-electron chi connectivity index (χ3n) is 5.29. The maximum absolute atomic E-state index is 12.9.